The summed E-state index contributed by atoms with van der Waals surface area (Å²) in [6.07, 6.45) is 1.75. The Morgan fingerprint density at radius 3 is 2.22 bits per heavy atom. The number of hydrogen-bond donors (Lipinski definition) is 1. The van der Waals surface area contributed by atoms with Gasteiger partial charge in [-0.2, -0.15) is 0 Å². The van der Waals surface area contributed by atoms with Gasteiger partial charge in [-0.3, -0.25) is 0 Å². The first-order valence-electron chi connectivity index (χ1n) is 8.03. The first-order chi connectivity index (χ1) is 13.0. The summed E-state index contributed by atoms with van der Waals surface area (Å²) in [4.78, 5) is 9.10. The number of rotatable bonds is 4. The molecule has 1 aromatic heterocycles. The molecule has 0 aliphatic rings. The summed E-state index contributed by atoms with van der Waals surface area (Å²) in [6.45, 7) is 3.93. The van der Waals surface area contributed by atoms with Crippen LogP contribution in [-0.4, -0.2) is 25.7 Å². The van der Waals surface area contributed by atoms with E-state index in [0.29, 0.717) is 16.9 Å². The second-order valence-corrected chi connectivity index (χ2v) is 9.11. The Labute approximate surface area is 172 Å². The Morgan fingerprint density at radius 1 is 1.00 bits per heavy atom. The zero-order valence-corrected chi connectivity index (χ0v) is 18.1. The van der Waals surface area contributed by atoms with Crippen molar-refractivity contribution in [1.29, 1.82) is 10.5 Å². The quantitative estimate of drug-likeness (QED) is 0.582. The summed E-state index contributed by atoms with van der Waals surface area (Å²) >= 11 is 3.12. The average Bonchev–Trinajstić information content (AvgIpc) is 2.67. The van der Waals surface area contributed by atoms with Crippen LogP contribution in [0.1, 0.15) is 22.3 Å². The summed E-state index contributed by atoms with van der Waals surface area (Å²) in [6, 6.07) is 15.5. The normalized spacial score (nSPS) is 10.6. The number of aromatic nitrogens is 2. The Balaban J connectivity index is 1.88. The van der Waals surface area contributed by atoms with E-state index >= 15 is 0 Å². The van der Waals surface area contributed by atoms with E-state index in [0.717, 1.165) is 30.3 Å². The van der Waals surface area contributed by atoms with Crippen LogP contribution in [0, 0.1) is 36.5 Å². The molecule has 3 rings (SSSR count). The Morgan fingerprint density at radius 2 is 1.63 bits per heavy atom. The second kappa shape index (κ2) is 8.35. The van der Waals surface area contributed by atoms with Crippen LogP contribution in [-0.2, 0) is 0 Å². The van der Waals surface area contributed by atoms with E-state index in [-0.39, 0.29) is 15.8 Å². The molecule has 2 aromatic carbocycles. The maximum atomic E-state index is 9.11. The molecule has 5 nitrogen and oxygen atoms in total. The van der Waals surface area contributed by atoms with Crippen LogP contribution in [0.3, 0.4) is 0 Å². The van der Waals surface area contributed by atoms with Gasteiger partial charge < -0.3 is 0 Å². The Kier molecular flexibility index (Phi) is 5.91. The van der Waals surface area contributed by atoms with E-state index < -0.39 is 0 Å². The molecule has 0 bridgehead atoms. The summed E-state index contributed by atoms with van der Waals surface area (Å²) in [5.74, 6) is 0.694. The monoisotopic (exact) mass is 478 g/mol. The van der Waals surface area contributed by atoms with Crippen LogP contribution in [0.15, 0.2) is 47.1 Å². The molecule has 7 heteroatoms. The standard InChI is InChI=1S/C20H14AsBrN5/c1-12-7-15(10-24)8-13(2)18(12)26-19-17(22)11-25-20(27-19)21-16-5-3-14(9-23)4-6-16/h3-8,11H,1-2H3,(H,25,26,27). The Hall–Kier alpha value is -2.66. The molecule has 0 spiro atoms. The molecule has 1 N–H and O–H groups in total. The fraction of sp³-hybridized carbons (Fsp3) is 0.100. The van der Waals surface area contributed by atoms with E-state index in [1.165, 1.54) is 0 Å². The number of anilines is 2. The van der Waals surface area contributed by atoms with Gasteiger partial charge in [0, 0.05) is 0 Å². The van der Waals surface area contributed by atoms with E-state index in [1.54, 1.807) is 6.20 Å². The molecule has 1 radical (unpaired) electrons. The number of hydrogen-bond acceptors (Lipinski definition) is 5. The van der Waals surface area contributed by atoms with E-state index in [1.807, 2.05) is 50.2 Å². The molecule has 27 heavy (non-hydrogen) atoms. The molecular weight excluding hydrogens is 465 g/mol. The van der Waals surface area contributed by atoms with Gasteiger partial charge in [0.2, 0.25) is 0 Å². The number of halogens is 1. The SMILES string of the molecule is Cc1cc(C#N)cc(C)c1Nc1nc([As]c2ccc(C#N)cc2)ncc1Br. The maximum absolute atomic E-state index is 9.11. The van der Waals surface area contributed by atoms with Gasteiger partial charge in [0.1, 0.15) is 0 Å². The molecule has 0 aliphatic carbocycles. The number of nitrogens with one attached hydrogen (secondary N) is 1. The molecule has 131 valence electrons. The van der Waals surface area contributed by atoms with Gasteiger partial charge >= 0.3 is 173 Å². The first-order valence-corrected chi connectivity index (χ1v) is 10.7. The molecular formula is C20H14AsBrN5. The fourth-order valence-corrected chi connectivity index (χ4v) is 4.53. The van der Waals surface area contributed by atoms with Crippen LogP contribution in [0.4, 0.5) is 11.5 Å². The van der Waals surface area contributed by atoms with Gasteiger partial charge in [0.25, 0.3) is 0 Å². The molecule has 0 atom stereocenters. The van der Waals surface area contributed by atoms with E-state index in [2.05, 4.69) is 43.4 Å². The van der Waals surface area contributed by atoms with Gasteiger partial charge in [-0.15, -0.1) is 0 Å². The van der Waals surface area contributed by atoms with Gasteiger partial charge in [0.15, 0.2) is 0 Å². The molecule has 0 fully saturated rings. The second-order valence-electron chi connectivity index (χ2n) is 5.86. The van der Waals surface area contributed by atoms with Crippen molar-refractivity contribution in [2.75, 3.05) is 5.32 Å². The third-order valence-corrected chi connectivity index (χ3v) is 6.48. The summed E-state index contributed by atoms with van der Waals surface area (Å²) in [7, 11) is 0. The zero-order chi connectivity index (χ0) is 19.4. The number of aryl methyl sites for hydroxylation is 2. The Bertz CT molecular complexity index is 1060. The zero-order valence-electron chi connectivity index (χ0n) is 14.7. The predicted molar refractivity (Wildman–Crippen MR) is 110 cm³/mol. The number of benzene rings is 2. The number of nitrogens with zero attached hydrogens (tertiary/aromatic N) is 4. The van der Waals surface area contributed by atoms with Crippen molar-refractivity contribution >= 4 is 52.2 Å². The van der Waals surface area contributed by atoms with Crippen LogP contribution in [0.2, 0.25) is 0 Å². The van der Waals surface area contributed by atoms with Crippen LogP contribution in [0.25, 0.3) is 0 Å². The van der Waals surface area contributed by atoms with Crippen molar-refractivity contribution < 1.29 is 0 Å². The molecule has 0 aliphatic heterocycles. The van der Waals surface area contributed by atoms with Gasteiger partial charge in [0.05, 0.1) is 0 Å². The average molecular weight is 479 g/mol. The van der Waals surface area contributed by atoms with Crippen LogP contribution < -0.4 is 14.3 Å². The fourth-order valence-electron chi connectivity index (χ4n) is 2.57. The summed E-state index contributed by atoms with van der Waals surface area (Å²) < 4.78 is 2.67. The third kappa shape index (κ3) is 4.55. The van der Waals surface area contributed by atoms with Crippen molar-refractivity contribution in [3.8, 4) is 12.1 Å². The van der Waals surface area contributed by atoms with Crippen LogP contribution >= 0.6 is 15.9 Å². The molecule has 0 saturated heterocycles. The minimum atomic E-state index is -0.389. The summed E-state index contributed by atoms with van der Waals surface area (Å²) in [5, 5.41) is 21.4. The molecule has 0 unspecified atom stereocenters. The summed E-state index contributed by atoms with van der Waals surface area (Å²) in [5.41, 5.74) is 4.20. The minimum absolute atomic E-state index is 0.389. The third-order valence-electron chi connectivity index (χ3n) is 3.86. The first kappa shape index (κ1) is 19.1. The number of nitriles is 2. The molecule has 3 aromatic rings. The van der Waals surface area contributed by atoms with Crippen molar-refractivity contribution in [1.82, 2.24) is 9.97 Å². The predicted octanol–water partition coefficient (Wildman–Crippen LogP) is 3.00. The topological polar surface area (TPSA) is 85.4 Å². The van der Waals surface area contributed by atoms with Crippen molar-refractivity contribution in [3.63, 3.8) is 0 Å². The van der Waals surface area contributed by atoms with Crippen molar-refractivity contribution in [2.45, 2.75) is 13.8 Å². The van der Waals surface area contributed by atoms with Gasteiger partial charge in [-0.05, 0) is 0 Å². The van der Waals surface area contributed by atoms with Gasteiger partial charge in [-0.1, -0.05) is 0 Å². The molecule has 0 amide bonds. The van der Waals surface area contributed by atoms with Gasteiger partial charge in [-0.25, -0.2) is 0 Å². The molecule has 1 heterocycles. The van der Waals surface area contributed by atoms with Crippen molar-refractivity contribution in [3.05, 3.63) is 69.3 Å². The van der Waals surface area contributed by atoms with E-state index in [9.17, 15) is 0 Å². The van der Waals surface area contributed by atoms with Crippen LogP contribution in [0.5, 0.6) is 0 Å². The van der Waals surface area contributed by atoms with Crippen molar-refractivity contribution in [2.24, 2.45) is 0 Å². The molecule has 0 saturated carbocycles. The van der Waals surface area contributed by atoms with E-state index in [4.69, 9.17) is 10.5 Å².